The summed E-state index contributed by atoms with van der Waals surface area (Å²) in [6, 6.07) is 0. The molecule has 0 aromatic carbocycles. The van der Waals surface area contributed by atoms with E-state index in [-0.39, 0.29) is 11.4 Å². The van der Waals surface area contributed by atoms with Crippen molar-refractivity contribution in [2.24, 2.45) is 0 Å². The standard InChI is InChI=1S/C6H12N2O/c1-6(2)4-5(9)8(3)7-6/h7H,4H2,1-3H3. The number of amides is 1. The fraction of sp³-hybridized carbons (Fsp3) is 0.833. The van der Waals surface area contributed by atoms with Crippen LogP contribution in [-0.4, -0.2) is 23.5 Å². The third-order valence-corrected chi connectivity index (χ3v) is 1.44. The molecule has 1 aliphatic heterocycles. The summed E-state index contributed by atoms with van der Waals surface area (Å²) in [5.41, 5.74) is 2.99. The van der Waals surface area contributed by atoms with Crippen molar-refractivity contribution in [3.05, 3.63) is 0 Å². The van der Waals surface area contributed by atoms with Gasteiger partial charge >= 0.3 is 0 Å². The van der Waals surface area contributed by atoms with Crippen LogP contribution in [0, 0.1) is 0 Å². The molecule has 0 radical (unpaired) electrons. The zero-order chi connectivity index (χ0) is 7.07. The number of carbonyl (C=O) groups excluding carboxylic acids is 1. The molecule has 0 bridgehead atoms. The molecule has 9 heavy (non-hydrogen) atoms. The quantitative estimate of drug-likeness (QED) is 0.503. The Morgan fingerprint density at radius 2 is 2.22 bits per heavy atom. The molecule has 1 aliphatic rings. The van der Waals surface area contributed by atoms with Crippen molar-refractivity contribution >= 4 is 5.91 Å². The second-order valence-electron chi connectivity index (χ2n) is 3.13. The minimum Gasteiger partial charge on any atom is -0.281 e. The number of carbonyl (C=O) groups is 1. The van der Waals surface area contributed by atoms with Crippen molar-refractivity contribution in [3.8, 4) is 0 Å². The number of hydrogen-bond acceptors (Lipinski definition) is 2. The average Bonchev–Trinajstić information content (AvgIpc) is 1.79. The highest BCUT2D eigenvalue weighted by atomic mass is 16.2. The highest BCUT2D eigenvalue weighted by molar-refractivity contribution is 5.78. The molecule has 1 heterocycles. The Labute approximate surface area is 55.0 Å². The molecular formula is C6H12N2O. The van der Waals surface area contributed by atoms with Crippen LogP contribution in [0.2, 0.25) is 0 Å². The molecule has 52 valence electrons. The third kappa shape index (κ3) is 1.21. The second-order valence-corrected chi connectivity index (χ2v) is 3.13. The lowest BCUT2D eigenvalue weighted by Gasteiger charge is -2.17. The molecule has 1 saturated heterocycles. The minimum atomic E-state index is -0.0359. The molecule has 0 aliphatic carbocycles. The Morgan fingerprint density at radius 1 is 1.67 bits per heavy atom. The van der Waals surface area contributed by atoms with Crippen molar-refractivity contribution in [2.45, 2.75) is 25.8 Å². The van der Waals surface area contributed by atoms with Gasteiger partial charge in [-0.15, -0.1) is 0 Å². The van der Waals surface area contributed by atoms with Crippen LogP contribution < -0.4 is 5.43 Å². The van der Waals surface area contributed by atoms with Crippen molar-refractivity contribution in [3.63, 3.8) is 0 Å². The predicted octanol–water partition coefficient (Wildman–Crippen LogP) is 0.132. The van der Waals surface area contributed by atoms with Gasteiger partial charge in [-0.25, -0.2) is 5.43 Å². The Balaban J connectivity index is 2.65. The lowest BCUT2D eigenvalue weighted by molar-refractivity contribution is -0.128. The van der Waals surface area contributed by atoms with Crippen LogP contribution in [0.4, 0.5) is 0 Å². The molecule has 3 heteroatoms. The molecule has 0 saturated carbocycles. The summed E-state index contributed by atoms with van der Waals surface area (Å²) in [5.74, 6) is 0.167. The van der Waals surface area contributed by atoms with E-state index in [1.807, 2.05) is 13.8 Å². The Bertz CT molecular complexity index is 142. The van der Waals surface area contributed by atoms with Gasteiger partial charge in [0.1, 0.15) is 0 Å². The van der Waals surface area contributed by atoms with E-state index in [0.717, 1.165) is 0 Å². The van der Waals surface area contributed by atoms with Crippen molar-refractivity contribution in [1.82, 2.24) is 10.4 Å². The summed E-state index contributed by atoms with van der Waals surface area (Å²) in [6.07, 6.45) is 0.601. The van der Waals surface area contributed by atoms with Gasteiger partial charge in [0.25, 0.3) is 0 Å². The normalized spacial score (nSPS) is 25.2. The monoisotopic (exact) mass is 128 g/mol. The van der Waals surface area contributed by atoms with Crippen LogP contribution in [0.1, 0.15) is 20.3 Å². The molecule has 1 rings (SSSR count). The van der Waals surface area contributed by atoms with Crippen LogP contribution in [0.5, 0.6) is 0 Å². The van der Waals surface area contributed by atoms with E-state index in [9.17, 15) is 4.79 Å². The number of rotatable bonds is 0. The minimum absolute atomic E-state index is 0.0359. The van der Waals surface area contributed by atoms with E-state index in [1.54, 1.807) is 12.1 Å². The molecule has 1 amide bonds. The van der Waals surface area contributed by atoms with Gasteiger partial charge < -0.3 is 0 Å². The molecule has 3 nitrogen and oxygen atoms in total. The fourth-order valence-electron chi connectivity index (χ4n) is 1.05. The SMILES string of the molecule is CN1NC(C)(C)CC1=O. The summed E-state index contributed by atoms with van der Waals surface area (Å²) in [7, 11) is 1.75. The first-order valence-electron chi connectivity index (χ1n) is 3.06. The molecule has 0 spiro atoms. The van der Waals surface area contributed by atoms with E-state index < -0.39 is 0 Å². The first-order chi connectivity index (χ1) is 4.01. The van der Waals surface area contributed by atoms with Gasteiger partial charge in [-0.1, -0.05) is 0 Å². The van der Waals surface area contributed by atoms with Crippen LogP contribution in [0.3, 0.4) is 0 Å². The number of nitrogens with one attached hydrogen (secondary N) is 1. The molecule has 1 N–H and O–H groups in total. The first-order valence-corrected chi connectivity index (χ1v) is 3.06. The van der Waals surface area contributed by atoms with E-state index in [4.69, 9.17) is 0 Å². The van der Waals surface area contributed by atoms with E-state index in [0.29, 0.717) is 6.42 Å². The molecule has 0 atom stereocenters. The summed E-state index contributed by atoms with van der Waals surface area (Å²) in [5, 5.41) is 1.54. The topological polar surface area (TPSA) is 32.3 Å². The van der Waals surface area contributed by atoms with Crippen LogP contribution in [-0.2, 0) is 4.79 Å². The van der Waals surface area contributed by atoms with Crippen molar-refractivity contribution < 1.29 is 4.79 Å². The Kier molecular flexibility index (Phi) is 1.24. The lowest BCUT2D eigenvalue weighted by Crippen LogP contribution is -2.39. The fourth-order valence-corrected chi connectivity index (χ4v) is 1.05. The third-order valence-electron chi connectivity index (χ3n) is 1.44. The maximum atomic E-state index is 10.9. The Morgan fingerprint density at radius 3 is 2.33 bits per heavy atom. The van der Waals surface area contributed by atoms with Gasteiger partial charge in [-0.3, -0.25) is 9.80 Å². The van der Waals surface area contributed by atoms with Gasteiger partial charge in [0.15, 0.2) is 0 Å². The van der Waals surface area contributed by atoms with Crippen LogP contribution in [0.15, 0.2) is 0 Å². The van der Waals surface area contributed by atoms with E-state index in [1.165, 1.54) is 0 Å². The molecule has 0 aromatic rings. The molecular weight excluding hydrogens is 116 g/mol. The summed E-state index contributed by atoms with van der Waals surface area (Å²) >= 11 is 0. The largest absolute Gasteiger partial charge is 0.281 e. The summed E-state index contributed by atoms with van der Waals surface area (Å²) in [4.78, 5) is 10.9. The van der Waals surface area contributed by atoms with Crippen LogP contribution in [0.25, 0.3) is 0 Å². The molecule has 0 aromatic heterocycles. The summed E-state index contributed by atoms with van der Waals surface area (Å²) in [6.45, 7) is 4.02. The van der Waals surface area contributed by atoms with Gasteiger partial charge in [-0.05, 0) is 13.8 Å². The number of hydrogen-bond donors (Lipinski definition) is 1. The zero-order valence-corrected chi connectivity index (χ0v) is 6.06. The maximum Gasteiger partial charge on any atom is 0.238 e. The first kappa shape index (κ1) is 6.55. The Hall–Kier alpha value is -0.570. The second kappa shape index (κ2) is 1.70. The van der Waals surface area contributed by atoms with Gasteiger partial charge in [0, 0.05) is 19.0 Å². The number of nitrogens with zero attached hydrogens (tertiary/aromatic N) is 1. The van der Waals surface area contributed by atoms with E-state index in [2.05, 4.69) is 5.43 Å². The van der Waals surface area contributed by atoms with E-state index >= 15 is 0 Å². The van der Waals surface area contributed by atoms with Gasteiger partial charge in [0.2, 0.25) is 5.91 Å². The molecule has 1 fully saturated rings. The predicted molar refractivity (Wildman–Crippen MR) is 34.6 cm³/mol. The molecule has 0 unspecified atom stereocenters. The summed E-state index contributed by atoms with van der Waals surface area (Å²) < 4.78 is 0. The highest BCUT2D eigenvalue weighted by Crippen LogP contribution is 2.16. The van der Waals surface area contributed by atoms with Gasteiger partial charge in [0.05, 0.1) is 0 Å². The van der Waals surface area contributed by atoms with Crippen molar-refractivity contribution in [1.29, 1.82) is 0 Å². The number of hydrazine groups is 1. The average molecular weight is 128 g/mol. The van der Waals surface area contributed by atoms with Crippen LogP contribution >= 0.6 is 0 Å². The smallest absolute Gasteiger partial charge is 0.238 e. The zero-order valence-electron chi connectivity index (χ0n) is 6.06. The highest BCUT2D eigenvalue weighted by Gasteiger charge is 2.32. The lowest BCUT2D eigenvalue weighted by atomic mass is 10.0. The van der Waals surface area contributed by atoms with Gasteiger partial charge in [-0.2, -0.15) is 0 Å². The maximum absolute atomic E-state index is 10.9. The van der Waals surface area contributed by atoms with Crippen molar-refractivity contribution in [2.75, 3.05) is 7.05 Å².